The molecule has 0 aromatic carbocycles. The Hall–Kier alpha value is -0.970. The minimum atomic E-state index is 0.622. The molecule has 0 fully saturated rings. The van der Waals surface area contributed by atoms with E-state index in [0.29, 0.717) is 19.6 Å². The molecular formula is C11H20N4. The second kappa shape index (κ2) is 6.50. The molecule has 1 aromatic heterocycles. The van der Waals surface area contributed by atoms with E-state index in [4.69, 9.17) is 17.2 Å². The van der Waals surface area contributed by atoms with Gasteiger partial charge in [-0.2, -0.15) is 0 Å². The molecule has 6 N–H and O–H groups in total. The van der Waals surface area contributed by atoms with Gasteiger partial charge in [0.15, 0.2) is 0 Å². The Balaban J connectivity index is 2.97. The van der Waals surface area contributed by atoms with E-state index in [0.717, 1.165) is 25.0 Å². The Morgan fingerprint density at radius 1 is 0.933 bits per heavy atom. The monoisotopic (exact) mass is 208 g/mol. The van der Waals surface area contributed by atoms with Gasteiger partial charge in [-0.25, -0.2) is 0 Å². The van der Waals surface area contributed by atoms with Crippen LogP contribution in [0.25, 0.3) is 0 Å². The van der Waals surface area contributed by atoms with Crippen molar-refractivity contribution in [1.82, 2.24) is 4.98 Å². The third-order valence-electron chi connectivity index (χ3n) is 2.43. The van der Waals surface area contributed by atoms with E-state index >= 15 is 0 Å². The predicted molar refractivity (Wildman–Crippen MR) is 62.5 cm³/mol. The van der Waals surface area contributed by atoms with Gasteiger partial charge in [0, 0.05) is 18.3 Å². The minimum Gasteiger partial charge on any atom is -0.330 e. The summed E-state index contributed by atoms with van der Waals surface area (Å²) in [7, 11) is 0. The minimum absolute atomic E-state index is 0.622. The fraction of sp³-hybridized carbons (Fsp3) is 0.545. The third-order valence-corrected chi connectivity index (χ3v) is 2.43. The zero-order chi connectivity index (χ0) is 11.1. The molecule has 0 bridgehead atoms. The molecule has 1 aromatic rings. The number of pyridine rings is 1. The average molecular weight is 208 g/mol. The fourth-order valence-corrected chi connectivity index (χ4v) is 1.77. The van der Waals surface area contributed by atoms with Crippen LogP contribution in [-0.4, -0.2) is 24.6 Å². The van der Waals surface area contributed by atoms with Crippen LogP contribution in [0.15, 0.2) is 12.3 Å². The van der Waals surface area contributed by atoms with Gasteiger partial charge in [-0.05, 0) is 49.7 Å². The molecule has 1 heterocycles. The van der Waals surface area contributed by atoms with E-state index in [2.05, 4.69) is 4.98 Å². The second-order valence-electron chi connectivity index (χ2n) is 3.51. The average Bonchev–Trinajstić information content (AvgIpc) is 2.23. The van der Waals surface area contributed by atoms with Crippen molar-refractivity contribution in [3.63, 3.8) is 0 Å². The molecule has 4 heteroatoms. The molecule has 0 saturated carbocycles. The van der Waals surface area contributed by atoms with E-state index in [1.807, 2.05) is 12.3 Å². The van der Waals surface area contributed by atoms with Gasteiger partial charge in [0.2, 0.25) is 0 Å². The van der Waals surface area contributed by atoms with E-state index in [9.17, 15) is 0 Å². The summed E-state index contributed by atoms with van der Waals surface area (Å²) in [6.45, 7) is 1.92. The lowest BCUT2D eigenvalue weighted by Gasteiger charge is -2.12. The van der Waals surface area contributed by atoms with Gasteiger partial charge in [-0.15, -0.1) is 0 Å². The first-order valence-electron chi connectivity index (χ1n) is 5.39. The lowest BCUT2D eigenvalue weighted by atomic mass is 9.99. The van der Waals surface area contributed by atoms with Crippen molar-refractivity contribution in [1.29, 1.82) is 0 Å². The fourth-order valence-electron chi connectivity index (χ4n) is 1.77. The third kappa shape index (κ3) is 3.27. The van der Waals surface area contributed by atoms with E-state index in [1.165, 1.54) is 11.1 Å². The largest absolute Gasteiger partial charge is 0.330 e. The van der Waals surface area contributed by atoms with Gasteiger partial charge < -0.3 is 17.2 Å². The molecule has 0 spiro atoms. The first-order chi connectivity index (χ1) is 7.33. The summed E-state index contributed by atoms with van der Waals surface area (Å²) in [5.74, 6) is 0. The molecule has 0 saturated heterocycles. The number of nitrogens with two attached hydrogens (primary N) is 3. The van der Waals surface area contributed by atoms with E-state index < -0.39 is 0 Å². The number of hydrogen-bond acceptors (Lipinski definition) is 4. The first-order valence-corrected chi connectivity index (χ1v) is 5.39. The zero-order valence-corrected chi connectivity index (χ0v) is 9.08. The highest BCUT2D eigenvalue weighted by molar-refractivity contribution is 5.31. The highest BCUT2D eigenvalue weighted by Gasteiger charge is 2.07. The van der Waals surface area contributed by atoms with E-state index in [1.54, 1.807) is 0 Å². The van der Waals surface area contributed by atoms with Crippen molar-refractivity contribution in [2.75, 3.05) is 19.6 Å². The quantitative estimate of drug-likeness (QED) is 0.592. The predicted octanol–water partition coefficient (Wildman–Crippen LogP) is -0.415. The molecule has 0 aliphatic rings. The standard InChI is InChI=1S/C11H20N4/c12-5-1-9-4-8-15-11(3-7-14)10(9)2-6-13/h4,8H,1-3,5-7,12-14H2. The first kappa shape index (κ1) is 12.1. The van der Waals surface area contributed by atoms with Gasteiger partial charge in [0.05, 0.1) is 0 Å². The summed E-state index contributed by atoms with van der Waals surface area (Å²) in [6, 6.07) is 2.03. The van der Waals surface area contributed by atoms with Crippen LogP contribution in [-0.2, 0) is 19.3 Å². The van der Waals surface area contributed by atoms with Crippen LogP contribution in [0.5, 0.6) is 0 Å². The van der Waals surface area contributed by atoms with Crippen LogP contribution in [0.4, 0.5) is 0 Å². The van der Waals surface area contributed by atoms with Gasteiger partial charge in [0.1, 0.15) is 0 Å². The summed E-state index contributed by atoms with van der Waals surface area (Å²) in [4.78, 5) is 4.35. The van der Waals surface area contributed by atoms with Crippen LogP contribution < -0.4 is 17.2 Å². The Kier molecular flexibility index (Phi) is 5.25. The maximum atomic E-state index is 5.60. The maximum Gasteiger partial charge on any atom is 0.0451 e. The number of hydrogen-bond donors (Lipinski definition) is 3. The van der Waals surface area contributed by atoms with Crippen LogP contribution in [0.2, 0.25) is 0 Å². The lowest BCUT2D eigenvalue weighted by molar-refractivity contribution is 0.837. The summed E-state index contributed by atoms with van der Waals surface area (Å²) in [6.07, 6.45) is 4.39. The summed E-state index contributed by atoms with van der Waals surface area (Å²) < 4.78 is 0. The van der Waals surface area contributed by atoms with Crippen LogP contribution in [0.1, 0.15) is 16.8 Å². The van der Waals surface area contributed by atoms with Crippen molar-refractivity contribution in [3.8, 4) is 0 Å². The van der Waals surface area contributed by atoms with Crippen molar-refractivity contribution >= 4 is 0 Å². The summed E-state index contributed by atoms with van der Waals surface area (Å²) >= 11 is 0. The van der Waals surface area contributed by atoms with Crippen molar-refractivity contribution in [2.24, 2.45) is 17.2 Å². The number of nitrogens with zero attached hydrogens (tertiary/aromatic N) is 1. The highest BCUT2D eigenvalue weighted by Crippen LogP contribution is 2.14. The van der Waals surface area contributed by atoms with Gasteiger partial charge >= 0.3 is 0 Å². The van der Waals surface area contributed by atoms with E-state index in [-0.39, 0.29) is 0 Å². The summed E-state index contributed by atoms with van der Waals surface area (Å²) in [5.41, 5.74) is 20.3. The Morgan fingerprint density at radius 2 is 1.60 bits per heavy atom. The molecule has 15 heavy (non-hydrogen) atoms. The van der Waals surface area contributed by atoms with Gasteiger partial charge in [0.25, 0.3) is 0 Å². The van der Waals surface area contributed by atoms with Gasteiger partial charge in [-0.3, -0.25) is 4.98 Å². The number of aromatic nitrogens is 1. The maximum absolute atomic E-state index is 5.60. The number of rotatable bonds is 6. The highest BCUT2D eigenvalue weighted by atomic mass is 14.7. The molecule has 0 amide bonds. The molecule has 4 nitrogen and oxygen atoms in total. The molecule has 0 unspecified atom stereocenters. The van der Waals surface area contributed by atoms with Crippen LogP contribution in [0, 0.1) is 0 Å². The Bertz CT molecular complexity index is 274. The molecule has 0 radical (unpaired) electrons. The molecule has 1 rings (SSSR count). The molecular weight excluding hydrogens is 188 g/mol. The van der Waals surface area contributed by atoms with Crippen molar-refractivity contribution < 1.29 is 0 Å². The van der Waals surface area contributed by atoms with Gasteiger partial charge in [-0.1, -0.05) is 0 Å². The second-order valence-corrected chi connectivity index (χ2v) is 3.51. The zero-order valence-electron chi connectivity index (χ0n) is 9.08. The molecule has 0 atom stereocenters. The summed E-state index contributed by atoms with van der Waals surface area (Å²) in [5, 5.41) is 0. The molecule has 84 valence electrons. The Labute approximate surface area is 90.9 Å². The smallest absolute Gasteiger partial charge is 0.0451 e. The Morgan fingerprint density at radius 3 is 2.20 bits per heavy atom. The van der Waals surface area contributed by atoms with Crippen molar-refractivity contribution in [2.45, 2.75) is 19.3 Å². The van der Waals surface area contributed by atoms with Crippen LogP contribution in [0.3, 0.4) is 0 Å². The van der Waals surface area contributed by atoms with Crippen LogP contribution >= 0.6 is 0 Å². The normalized spacial score (nSPS) is 10.6. The molecule has 0 aliphatic carbocycles. The van der Waals surface area contributed by atoms with Crippen molar-refractivity contribution in [3.05, 3.63) is 29.1 Å². The topological polar surface area (TPSA) is 90.9 Å². The lowest BCUT2D eigenvalue weighted by Crippen LogP contribution is -2.14. The molecule has 0 aliphatic heterocycles. The SMILES string of the molecule is NCCc1ccnc(CCN)c1CCN.